The summed E-state index contributed by atoms with van der Waals surface area (Å²) >= 11 is 0. The molecule has 0 atom stereocenters. The van der Waals surface area contributed by atoms with Crippen molar-refractivity contribution in [1.82, 2.24) is 5.32 Å². The van der Waals surface area contributed by atoms with Crippen LogP contribution in [-0.4, -0.2) is 19.6 Å². The predicted molar refractivity (Wildman–Crippen MR) is 102 cm³/mol. The molecule has 1 amide bonds. The summed E-state index contributed by atoms with van der Waals surface area (Å²) in [5.41, 5.74) is 2.95. The van der Waals surface area contributed by atoms with Crippen LogP contribution in [0.25, 0.3) is 0 Å². The zero-order valence-electron chi connectivity index (χ0n) is 16.4. The van der Waals surface area contributed by atoms with Crippen molar-refractivity contribution in [1.29, 1.82) is 0 Å². The summed E-state index contributed by atoms with van der Waals surface area (Å²) in [5.74, 6) is 1.00. The van der Waals surface area contributed by atoms with Gasteiger partial charge in [-0.3, -0.25) is 4.79 Å². The maximum absolute atomic E-state index is 10.2. The molecule has 0 aliphatic rings. The Balaban J connectivity index is 2.92. The smallest absolute Gasteiger partial charge is 0.207 e. The van der Waals surface area contributed by atoms with E-state index in [1.807, 2.05) is 0 Å². The number of rotatable bonds is 11. The lowest BCUT2D eigenvalue weighted by Crippen LogP contribution is -2.21. The molecule has 0 spiro atoms. The molecule has 0 saturated carbocycles. The van der Waals surface area contributed by atoms with Crippen LogP contribution in [-0.2, 0) is 15.6 Å². The van der Waals surface area contributed by atoms with Crippen molar-refractivity contribution < 1.29 is 9.53 Å². The molecule has 1 N–H and O–H groups in total. The molecule has 0 radical (unpaired) electrons. The second-order valence-corrected chi connectivity index (χ2v) is 7.81. The molecule has 136 valence electrons. The zero-order chi connectivity index (χ0) is 18.2. The third-order valence-electron chi connectivity index (χ3n) is 5.31. The highest BCUT2D eigenvalue weighted by Crippen LogP contribution is 2.38. The molecule has 1 aromatic carbocycles. The van der Waals surface area contributed by atoms with E-state index in [-0.39, 0.29) is 10.8 Å². The van der Waals surface area contributed by atoms with Gasteiger partial charge in [0.15, 0.2) is 0 Å². The number of hydrogen-bond acceptors (Lipinski definition) is 2. The van der Waals surface area contributed by atoms with E-state index < -0.39 is 0 Å². The lowest BCUT2D eigenvalue weighted by molar-refractivity contribution is -0.109. The van der Waals surface area contributed by atoms with Gasteiger partial charge in [-0.15, -0.1) is 0 Å². The van der Waals surface area contributed by atoms with Gasteiger partial charge in [0.05, 0.1) is 6.61 Å². The van der Waals surface area contributed by atoms with Gasteiger partial charge in [-0.1, -0.05) is 53.7 Å². The summed E-state index contributed by atoms with van der Waals surface area (Å²) in [6, 6.07) is 6.70. The van der Waals surface area contributed by atoms with Crippen LogP contribution in [0, 0.1) is 0 Å². The molecule has 0 aromatic heterocycles. The van der Waals surface area contributed by atoms with Crippen molar-refractivity contribution in [3.8, 4) is 5.75 Å². The molecule has 1 rings (SSSR count). The molecule has 0 bridgehead atoms. The number of unbranched alkanes of at least 4 members (excludes halogenated alkanes) is 1. The summed E-state index contributed by atoms with van der Waals surface area (Å²) < 4.78 is 6.09. The van der Waals surface area contributed by atoms with Crippen molar-refractivity contribution in [2.24, 2.45) is 0 Å². The van der Waals surface area contributed by atoms with Gasteiger partial charge in [0.2, 0.25) is 6.41 Å². The second kappa shape index (κ2) is 9.10. The van der Waals surface area contributed by atoms with E-state index in [2.05, 4.69) is 65.1 Å². The maximum Gasteiger partial charge on any atom is 0.207 e. The van der Waals surface area contributed by atoms with E-state index in [1.54, 1.807) is 0 Å². The normalized spacial score (nSPS) is 12.1. The van der Waals surface area contributed by atoms with Gasteiger partial charge in [0.1, 0.15) is 5.75 Å². The Labute approximate surface area is 148 Å². The first-order valence-electron chi connectivity index (χ1n) is 9.23. The van der Waals surface area contributed by atoms with Crippen molar-refractivity contribution in [3.63, 3.8) is 0 Å². The standard InChI is InChI=1S/C21H35NO2/c1-7-20(3,4)17-11-12-19(18(15-17)21(5,6)8-2)24-14-10-9-13-22-16-23/h11-12,15-16H,7-10,13-14H2,1-6H3,(H,22,23). The van der Waals surface area contributed by atoms with Crippen molar-refractivity contribution in [3.05, 3.63) is 29.3 Å². The van der Waals surface area contributed by atoms with E-state index in [9.17, 15) is 4.79 Å². The van der Waals surface area contributed by atoms with Crippen LogP contribution >= 0.6 is 0 Å². The predicted octanol–water partition coefficient (Wildman–Crippen LogP) is 4.97. The fourth-order valence-electron chi connectivity index (χ4n) is 2.57. The molecule has 3 heteroatoms. The molecular weight excluding hydrogens is 298 g/mol. The highest BCUT2D eigenvalue weighted by Gasteiger charge is 2.26. The monoisotopic (exact) mass is 333 g/mol. The Morgan fingerprint density at radius 2 is 1.71 bits per heavy atom. The Hall–Kier alpha value is -1.51. The Morgan fingerprint density at radius 3 is 2.29 bits per heavy atom. The number of carbonyl (C=O) groups is 1. The third kappa shape index (κ3) is 5.54. The van der Waals surface area contributed by atoms with Crippen molar-refractivity contribution in [2.75, 3.05) is 13.2 Å². The summed E-state index contributed by atoms with van der Waals surface area (Å²) in [5, 5.41) is 2.69. The minimum Gasteiger partial charge on any atom is -0.493 e. The van der Waals surface area contributed by atoms with Crippen molar-refractivity contribution in [2.45, 2.75) is 78.1 Å². The first-order valence-corrected chi connectivity index (χ1v) is 9.23. The molecule has 1 aromatic rings. The van der Waals surface area contributed by atoms with E-state index >= 15 is 0 Å². The quantitative estimate of drug-likeness (QED) is 0.459. The fraction of sp³-hybridized carbons (Fsp3) is 0.667. The molecule has 0 heterocycles. The molecular formula is C21H35NO2. The Kier molecular flexibility index (Phi) is 7.78. The third-order valence-corrected chi connectivity index (χ3v) is 5.31. The second-order valence-electron chi connectivity index (χ2n) is 7.81. The maximum atomic E-state index is 10.2. The molecule has 0 aliphatic heterocycles. The van der Waals surface area contributed by atoms with E-state index in [1.165, 1.54) is 11.1 Å². The first-order chi connectivity index (χ1) is 11.3. The number of carbonyl (C=O) groups excluding carboxylic acids is 1. The number of hydrogen-bond donors (Lipinski definition) is 1. The summed E-state index contributed by atoms with van der Waals surface area (Å²) in [6.07, 6.45) is 4.81. The number of nitrogens with one attached hydrogen (secondary N) is 1. The average Bonchev–Trinajstić information content (AvgIpc) is 2.57. The summed E-state index contributed by atoms with van der Waals surface area (Å²) in [4.78, 5) is 10.2. The van der Waals surface area contributed by atoms with Crippen LogP contribution < -0.4 is 10.1 Å². The molecule has 0 saturated heterocycles. The van der Waals surface area contributed by atoms with Gasteiger partial charge in [-0.05, 0) is 48.1 Å². The van der Waals surface area contributed by atoms with Gasteiger partial charge < -0.3 is 10.1 Å². The highest BCUT2D eigenvalue weighted by molar-refractivity contribution is 5.45. The number of ether oxygens (including phenoxy) is 1. The minimum absolute atomic E-state index is 0.0915. The summed E-state index contributed by atoms with van der Waals surface area (Å²) in [6.45, 7) is 15.0. The SMILES string of the molecule is CCC(C)(C)c1ccc(OCCCCNC=O)c(C(C)(C)CC)c1. The van der Waals surface area contributed by atoms with Gasteiger partial charge >= 0.3 is 0 Å². The van der Waals surface area contributed by atoms with Crippen LogP contribution in [0.15, 0.2) is 18.2 Å². The first kappa shape index (κ1) is 20.5. The van der Waals surface area contributed by atoms with Crippen molar-refractivity contribution >= 4 is 6.41 Å². The van der Waals surface area contributed by atoms with E-state index in [4.69, 9.17) is 4.74 Å². The van der Waals surface area contributed by atoms with E-state index in [0.29, 0.717) is 13.2 Å². The zero-order valence-corrected chi connectivity index (χ0v) is 16.4. The van der Waals surface area contributed by atoms with Crippen LogP contribution in [0.2, 0.25) is 0 Å². The largest absolute Gasteiger partial charge is 0.493 e. The average molecular weight is 334 g/mol. The molecule has 24 heavy (non-hydrogen) atoms. The molecule has 3 nitrogen and oxygen atoms in total. The highest BCUT2D eigenvalue weighted by atomic mass is 16.5. The lowest BCUT2D eigenvalue weighted by atomic mass is 9.76. The van der Waals surface area contributed by atoms with Gasteiger partial charge in [-0.25, -0.2) is 0 Å². The van der Waals surface area contributed by atoms with Gasteiger partial charge in [-0.2, -0.15) is 0 Å². The van der Waals surface area contributed by atoms with Crippen LogP contribution in [0.1, 0.15) is 78.4 Å². The topological polar surface area (TPSA) is 38.3 Å². The van der Waals surface area contributed by atoms with Crippen LogP contribution in [0.4, 0.5) is 0 Å². The summed E-state index contributed by atoms with van der Waals surface area (Å²) in [7, 11) is 0. The Morgan fingerprint density at radius 1 is 1.04 bits per heavy atom. The number of amides is 1. The van der Waals surface area contributed by atoms with Crippen LogP contribution in [0.5, 0.6) is 5.75 Å². The molecule has 0 aliphatic carbocycles. The van der Waals surface area contributed by atoms with Gasteiger partial charge in [0, 0.05) is 12.1 Å². The molecule has 0 fully saturated rings. The van der Waals surface area contributed by atoms with E-state index in [0.717, 1.165) is 37.8 Å². The van der Waals surface area contributed by atoms with Gasteiger partial charge in [0.25, 0.3) is 0 Å². The lowest BCUT2D eigenvalue weighted by Gasteiger charge is -2.30. The Bertz CT molecular complexity index is 521. The van der Waals surface area contributed by atoms with Crippen LogP contribution in [0.3, 0.4) is 0 Å². The minimum atomic E-state index is 0.0915. The molecule has 0 unspecified atom stereocenters. The fourth-order valence-corrected chi connectivity index (χ4v) is 2.57. The number of benzene rings is 1.